The van der Waals surface area contributed by atoms with E-state index >= 15 is 0 Å². The molecule has 0 spiro atoms. The van der Waals surface area contributed by atoms with E-state index in [0.29, 0.717) is 6.07 Å². The van der Waals surface area contributed by atoms with E-state index in [2.05, 4.69) is 9.97 Å². The highest BCUT2D eigenvalue weighted by Gasteiger charge is 2.37. The van der Waals surface area contributed by atoms with Gasteiger partial charge in [-0.25, -0.2) is 14.4 Å². The van der Waals surface area contributed by atoms with E-state index in [1.807, 2.05) is 0 Å². The predicted molar refractivity (Wildman–Crippen MR) is 79.8 cm³/mol. The third kappa shape index (κ3) is 2.52. The summed E-state index contributed by atoms with van der Waals surface area (Å²) in [5.41, 5.74) is -3.12. The SMILES string of the molecule is Cc1cccc(F)c1-n1c(C(F)(F)F)cc2c(Cl)ncnc2c1=O. The Kier molecular flexibility index (Phi) is 3.79. The molecule has 0 bridgehead atoms. The number of pyridine rings is 1. The normalized spacial score (nSPS) is 11.9. The zero-order chi connectivity index (χ0) is 17.6. The molecule has 4 nitrogen and oxygen atoms in total. The summed E-state index contributed by atoms with van der Waals surface area (Å²) in [5, 5.41) is -0.540. The molecule has 0 unspecified atom stereocenters. The fourth-order valence-electron chi connectivity index (χ4n) is 2.43. The maximum absolute atomic E-state index is 14.2. The Bertz CT molecular complexity index is 994. The summed E-state index contributed by atoms with van der Waals surface area (Å²) >= 11 is 5.77. The lowest BCUT2D eigenvalue weighted by atomic mass is 10.1. The van der Waals surface area contributed by atoms with E-state index in [1.54, 1.807) is 0 Å². The Hall–Kier alpha value is -2.48. The minimum Gasteiger partial charge on any atom is -0.267 e. The second-order valence-corrected chi connectivity index (χ2v) is 5.36. The monoisotopic (exact) mass is 357 g/mol. The largest absolute Gasteiger partial charge is 0.431 e. The number of benzene rings is 1. The topological polar surface area (TPSA) is 47.8 Å². The molecule has 0 amide bonds. The van der Waals surface area contributed by atoms with Crippen molar-refractivity contribution in [1.82, 2.24) is 14.5 Å². The predicted octanol–water partition coefficient (Wildman–Crippen LogP) is 3.90. The van der Waals surface area contributed by atoms with Gasteiger partial charge < -0.3 is 0 Å². The van der Waals surface area contributed by atoms with Crippen molar-refractivity contribution in [3.63, 3.8) is 0 Å². The van der Waals surface area contributed by atoms with Crippen LogP contribution in [0.5, 0.6) is 0 Å². The first-order chi connectivity index (χ1) is 11.2. The summed E-state index contributed by atoms with van der Waals surface area (Å²) in [6, 6.07) is 4.37. The van der Waals surface area contributed by atoms with E-state index in [-0.39, 0.29) is 26.2 Å². The quantitative estimate of drug-likeness (QED) is 0.490. The number of aryl methyl sites for hydroxylation is 1. The van der Waals surface area contributed by atoms with E-state index in [0.717, 1.165) is 12.4 Å². The number of aromatic nitrogens is 3. The van der Waals surface area contributed by atoms with Crippen molar-refractivity contribution in [2.75, 3.05) is 0 Å². The van der Waals surface area contributed by atoms with Crippen molar-refractivity contribution in [2.45, 2.75) is 13.1 Å². The van der Waals surface area contributed by atoms with Crippen LogP contribution in [0.2, 0.25) is 5.15 Å². The molecule has 0 aliphatic carbocycles. The van der Waals surface area contributed by atoms with Crippen molar-refractivity contribution in [1.29, 1.82) is 0 Å². The summed E-state index contributed by atoms with van der Waals surface area (Å²) in [7, 11) is 0. The average Bonchev–Trinajstić information content (AvgIpc) is 2.48. The fraction of sp³-hybridized carbons (Fsp3) is 0.133. The van der Waals surface area contributed by atoms with Gasteiger partial charge in [0.15, 0.2) is 0 Å². The van der Waals surface area contributed by atoms with Crippen LogP contribution >= 0.6 is 11.6 Å². The van der Waals surface area contributed by atoms with Gasteiger partial charge in [-0.3, -0.25) is 9.36 Å². The first-order valence-electron chi connectivity index (χ1n) is 6.60. The van der Waals surface area contributed by atoms with E-state index in [9.17, 15) is 22.4 Å². The molecule has 0 atom stereocenters. The fourth-order valence-corrected chi connectivity index (χ4v) is 2.61. The Morgan fingerprint density at radius 3 is 2.54 bits per heavy atom. The number of rotatable bonds is 1. The molecule has 0 aliphatic rings. The highest BCUT2D eigenvalue weighted by atomic mass is 35.5. The molecule has 124 valence electrons. The molecular weight excluding hydrogens is 350 g/mol. The lowest BCUT2D eigenvalue weighted by Gasteiger charge is -2.18. The standard InChI is InChI=1S/C15H8ClF4N3O/c1-7-3-2-4-9(17)12(7)23-10(15(18,19)20)5-8-11(14(23)24)21-6-22-13(8)16/h2-6H,1H3. The summed E-state index contributed by atoms with van der Waals surface area (Å²) < 4.78 is 54.9. The third-order valence-corrected chi connectivity index (χ3v) is 3.77. The summed E-state index contributed by atoms with van der Waals surface area (Å²) in [6.07, 6.45) is -3.96. The zero-order valence-corrected chi connectivity index (χ0v) is 12.8. The van der Waals surface area contributed by atoms with Crippen molar-refractivity contribution in [2.24, 2.45) is 0 Å². The lowest BCUT2D eigenvalue weighted by molar-refractivity contribution is -0.142. The molecule has 0 radical (unpaired) electrons. The minimum absolute atomic E-state index is 0.169. The van der Waals surface area contributed by atoms with Crippen LogP contribution < -0.4 is 5.56 Å². The van der Waals surface area contributed by atoms with E-state index in [1.165, 1.54) is 19.1 Å². The second kappa shape index (κ2) is 5.55. The molecule has 3 rings (SSSR count). The van der Waals surface area contributed by atoms with Crippen LogP contribution in [0.15, 0.2) is 35.4 Å². The molecule has 9 heteroatoms. The Morgan fingerprint density at radius 2 is 1.92 bits per heavy atom. The number of alkyl halides is 3. The highest BCUT2D eigenvalue weighted by Crippen LogP contribution is 2.33. The van der Waals surface area contributed by atoms with Crippen molar-refractivity contribution in [3.8, 4) is 5.69 Å². The van der Waals surface area contributed by atoms with Crippen LogP contribution in [-0.2, 0) is 6.18 Å². The summed E-state index contributed by atoms with van der Waals surface area (Å²) in [4.78, 5) is 19.9. The number of halogens is 5. The highest BCUT2D eigenvalue weighted by molar-refractivity contribution is 6.34. The number of para-hydroxylation sites is 1. The van der Waals surface area contributed by atoms with Crippen LogP contribution in [0.4, 0.5) is 17.6 Å². The molecule has 2 heterocycles. The van der Waals surface area contributed by atoms with Gasteiger partial charge in [-0.1, -0.05) is 23.7 Å². The average molecular weight is 358 g/mol. The molecule has 2 aromatic heterocycles. The van der Waals surface area contributed by atoms with Crippen molar-refractivity contribution < 1.29 is 17.6 Å². The van der Waals surface area contributed by atoms with Gasteiger partial charge in [-0.05, 0) is 24.6 Å². The first kappa shape index (κ1) is 16.4. The maximum Gasteiger partial charge on any atom is 0.431 e. The molecule has 3 aromatic rings. The summed E-state index contributed by atoms with van der Waals surface area (Å²) in [5.74, 6) is -0.956. The number of nitrogens with zero attached hydrogens (tertiary/aromatic N) is 3. The third-order valence-electron chi connectivity index (χ3n) is 3.47. The van der Waals surface area contributed by atoms with Gasteiger partial charge >= 0.3 is 6.18 Å². The van der Waals surface area contributed by atoms with Gasteiger partial charge in [0.05, 0.1) is 5.69 Å². The van der Waals surface area contributed by atoms with Gasteiger partial charge in [0, 0.05) is 5.39 Å². The molecule has 1 aromatic carbocycles. The van der Waals surface area contributed by atoms with Gasteiger partial charge in [0.2, 0.25) is 0 Å². The van der Waals surface area contributed by atoms with Crippen LogP contribution in [-0.4, -0.2) is 14.5 Å². The molecule has 0 N–H and O–H groups in total. The van der Waals surface area contributed by atoms with Crippen LogP contribution in [0.1, 0.15) is 11.3 Å². The molecule has 0 fully saturated rings. The van der Waals surface area contributed by atoms with Gasteiger partial charge in [0.25, 0.3) is 5.56 Å². The van der Waals surface area contributed by atoms with Crippen LogP contribution in [0, 0.1) is 12.7 Å². The van der Waals surface area contributed by atoms with E-state index in [4.69, 9.17) is 11.6 Å². The first-order valence-corrected chi connectivity index (χ1v) is 6.98. The number of fused-ring (bicyclic) bond motifs is 1. The molecule has 0 aliphatic heterocycles. The van der Waals surface area contributed by atoms with Crippen LogP contribution in [0.25, 0.3) is 16.6 Å². The second-order valence-electron chi connectivity index (χ2n) is 5.00. The minimum atomic E-state index is -4.92. The molecule has 0 saturated carbocycles. The Morgan fingerprint density at radius 1 is 1.21 bits per heavy atom. The molecule has 24 heavy (non-hydrogen) atoms. The molecular formula is C15H8ClF4N3O. The van der Waals surface area contributed by atoms with Crippen molar-refractivity contribution in [3.05, 3.63) is 63.2 Å². The maximum atomic E-state index is 14.2. The Balaban J connectivity index is 2.56. The lowest BCUT2D eigenvalue weighted by Crippen LogP contribution is -2.28. The molecule has 0 saturated heterocycles. The van der Waals surface area contributed by atoms with Gasteiger partial charge in [-0.15, -0.1) is 0 Å². The van der Waals surface area contributed by atoms with Crippen LogP contribution in [0.3, 0.4) is 0 Å². The Labute approximate surface area is 137 Å². The summed E-state index contributed by atoms with van der Waals surface area (Å²) in [6.45, 7) is 1.40. The van der Waals surface area contributed by atoms with E-state index < -0.39 is 28.9 Å². The van der Waals surface area contributed by atoms with Gasteiger partial charge in [-0.2, -0.15) is 13.2 Å². The zero-order valence-electron chi connectivity index (χ0n) is 12.0. The van der Waals surface area contributed by atoms with Crippen molar-refractivity contribution >= 4 is 22.5 Å². The van der Waals surface area contributed by atoms with Gasteiger partial charge in [0.1, 0.15) is 28.5 Å². The number of hydrogen-bond donors (Lipinski definition) is 0. The smallest absolute Gasteiger partial charge is 0.267 e. The number of hydrogen-bond acceptors (Lipinski definition) is 3.